The normalized spacial score (nSPS) is 16.6. The minimum atomic E-state index is 0.590. The second-order valence-corrected chi connectivity index (χ2v) is 11.6. The Morgan fingerprint density at radius 3 is 1.53 bits per heavy atom. The van der Waals surface area contributed by atoms with Crippen LogP contribution in [0.25, 0.3) is 0 Å². The summed E-state index contributed by atoms with van der Waals surface area (Å²) in [6.07, 6.45) is 30.2. The molecule has 0 saturated heterocycles. The Balaban J connectivity index is 5.57. The molecule has 0 radical (unpaired) electrons. The van der Waals surface area contributed by atoms with E-state index in [9.17, 15) is 0 Å². The highest BCUT2D eigenvalue weighted by Crippen LogP contribution is 2.51. The van der Waals surface area contributed by atoms with Crippen molar-refractivity contribution in [2.24, 2.45) is 23.2 Å². The summed E-state index contributed by atoms with van der Waals surface area (Å²) in [5.74, 6) is 2.73. The minimum Gasteiger partial charge on any atom is -0.0654 e. The zero-order valence-corrected chi connectivity index (χ0v) is 24.1. The van der Waals surface area contributed by atoms with Crippen molar-refractivity contribution in [3.05, 3.63) is 0 Å². The molecule has 0 aromatic carbocycles. The van der Waals surface area contributed by atoms with Gasteiger partial charge in [0.1, 0.15) is 0 Å². The van der Waals surface area contributed by atoms with Gasteiger partial charge in [-0.05, 0) is 42.4 Å². The van der Waals surface area contributed by atoms with Gasteiger partial charge >= 0.3 is 0 Å². The topological polar surface area (TPSA) is 0 Å². The fourth-order valence-corrected chi connectivity index (χ4v) is 6.58. The van der Waals surface area contributed by atoms with Crippen LogP contribution in [0.2, 0.25) is 0 Å². The van der Waals surface area contributed by atoms with Crippen LogP contribution in [0.1, 0.15) is 183 Å². The van der Waals surface area contributed by atoms with Gasteiger partial charge in [-0.25, -0.2) is 0 Å². The van der Waals surface area contributed by atoms with Gasteiger partial charge in [-0.15, -0.1) is 0 Å². The van der Waals surface area contributed by atoms with E-state index in [-0.39, 0.29) is 0 Å². The molecule has 0 bridgehead atoms. The van der Waals surface area contributed by atoms with E-state index < -0.39 is 0 Å². The number of rotatable bonds is 24. The van der Waals surface area contributed by atoms with Crippen molar-refractivity contribution in [3.63, 3.8) is 0 Å². The molecule has 0 spiro atoms. The van der Waals surface area contributed by atoms with E-state index in [2.05, 4.69) is 48.5 Å². The first-order valence-electron chi connectivity index (χ1n) is 15.5. The first kappa shape index (κ1) is 32.0. The van der Waals surface area contributed by atoms with E-state index in [0.717, 1.165) is 17.8 Å². The Hall–Kier alpha value is 0. The highest BCUT2D eigenvalue weighted by atomic mass is 14.5. The van der Waals surface area contributed by atoms with Gasteiger partial charge in [0.25, 0.3) is 0 Å². The average Bonchev–Trinajstić information content (AvgIpc) is 2.79. The molecule has 0 aliphatic rings. The molecule has 0 fully saturated rings. The monoisotopic (exact) mass is 451 g/mol. The van der Waals surface area contributed by atoms with Crippen LogP contribution in [-0.2, 0) is 0 Å². The molecule has 0 heteroatoms. The van der Waals surface area contributed by atoms with Gasteiger partial charge in [-0.3, -0.25) is 0 Å². The molecule has 0 N–H and O–H groups in total. The van der Waals surface area contributed by atoms with Crippen LogP contribution in [0.5, 0.6) is 0 Å². The van der Waals surface area contributed by atoms with Crippen molar-refractivity contribution in [1.82, 2.24) is 0 Å². The van der Waals surface area contributed by atoms with Gasteiger partial charge in [-0.1, -0.05) is 164 Å². The number of hydrogen-bond donors (Lipinski definition) is 0. The van der Waals surface area contributed by atoms with Crippen molar-refractivity contribution >= 4 is 0 Å². The standard InChI is InChI=1S/C32H66/c1-8-13-17-19-23-27-32(28-29(6)24-20-15-10-3,30(7)25-22-18-14-9-2)31(12-5)26-21-16-11-4/h29-31H,8-28H2,1-7H3. The third-order valence-corrected chi connectivity index (χ3v) is 8.71. The van der Waals surface area contributed by atoms with Crippen molar-refractivity contribution in [2.45, 2.75) is 183 Å². The number of unbranched alkanes of at least 4 members (excludes halogenated alkanes) is 11. The molecule has 0 aliphatic carbocycles. The fourth-order valence-electron chi connectivity index (χ4n) is 6.58. The molecule has 194 valence electrons. The highest BCUT2D eigenvalue weighted by molar-refractivity contribution is 4.92. The van der Waals surface area contributed by atoms with Crippen LogP contribution in [-0.4, -0.2) is 0 Å². The molecule has 0 heterocycles. The van der Waals surface area contributed by atoms with Gasteiger partial charge in [-0.2, -0.15) is 0 Å². The van der Waals surface area contributed by atoms with E-state index in [4.69, 9.17) is 0 Å². The Labute approximate surface area is 206 Å². The zero-order valence-electron chi connectivity index (χ0n) is 24.1. The predicted octanol–water partition coefficient (Wildman–Crippen LogP) is 12.2. The van der Waals surface area contributed by atoms with E-state index in [1.165, 1.54) is 135 Å². The summed E-state index contributed by atoms with van der Waals surface area (Å²) in [5, 5.41) is 0. The van der Waals surface area contributed by atoms with Gasteiger partial charge in [0.15, 0.2) is 0 Å². The molecular weight excluding hydrogens is 384 g/mol. The number of hydrogen-bond acceptors (Lipinski definition) is 0. The SMILES string of the molecule is CCCCCCCC(CC(C)CCCCC)(C(C)CCCCCC)C(CC)CCCCC. The van der Waals surface area contributed by atoms with Gasteiger partial charge in [0.2, 0.25) is 0 Å². The molecular formula is C32H66. The van der Waals surface area contributed by atoms with Crippen molar-refractivity contribution < 1.29 is 0 Å². The van der Waals surface area contributed by atoms with Gasteiger partial charge in [0.05, 0.1) is 0 Å². The average molecular weight is 451 g/mol. The first-order valence-corrected chi connectivity index (χ1v) is 15.5. The Morgan fingerprint density at radius 1 is 0.500 bits per heavy atom. The Morgan fingerprint density at radius 2 is 0.969 bits per heavy atom. The van der Waals surface area contributed by atoms with Crippen LogP contribution < -0.4 is 0 Å². The van der Waals surface area contributed by atoms with Gasteiger partial charge in [0, 0.05) is 0 Å². The molecule has 4 atom stereocenters. The third-order valence-electron chi connectivity index (χ3n) is 8.71. The van der Waals surface area contributed by atoms with Crippen LogP contribution >= 0.6 is 0 Å². The molecule has 0 nitrogen and oxygen atoms in total. The summed E-state index contributed by atoms with van der Waals surface area (Å²) in [6.45, 7) is 17.2. The Bertz CT molecular complexity index is 372. The second kappa shape index (κ2) is 21.5. The maximum atomic E-state index is 2.68. The van der Waals surface area contributed by atoms with E-state index in [1.807, 2.05) is 0 Å². The minimum absolute atomic E-state index is 0.590. The van der Waals surface area contributed by atoms with E-state index >= 15 is 0 Å². The lowest BCUT2D eigenvalue weighted by atomic mass is 9.57. The molecule has 0 rings (SSSR count). The summed E-state index contributed by atoms with van der Waals surface area (Å²) < 4.78 is 0. The molecule has 0 aliphatic heterocycles. The maximum Gasteiger partial charge on any atom is -0.0241 e. The summed E-state index contributed by atoms with van der Waals surface area (Å²) >= 11 is 0. The van der Waals surface area contributed by atoms with Crippen LogP contribution in [0.4, 0.5) is 0 Å². The van der Waals surface area contributed by atoms with Crippen LogP contribution in [0.15, 0.2) is 0 Å². The lowest BCUT2D eigenvalue weighted by molar-refractivity contribution is 0.0190. The van der Waals surface area contributed by atoms with Crippen molar-refractivity contribution in [3.8, 4) is 0 Å². The fraction of sp³-hybridized carbons (Fsp3) is 1.00. The molecule has 0 aromatic rings. The molecule has 0 saturated carbocycles. The summed E-state index contributed by atoms with van der Waals surface area (Å²) in [5.41, 5.74) is 0.590. The third kappa shape index (κ3) is 13.6. The van der Waals surface area contributed by atoms with Gasteiger partial charge < -0.3 is 0 Å². The zero-order chi connectivity index (χ0) is 24.1. The summed E-state index contributed by atoms with van der Waals surface area (Å²) in [6, 6.07) is 0. The van der Waals surface area contributed by atoms with Crippen molar-refractivity contribution in [1.29, 1.82) is 0 Å². The molecule has 0 aromatic heterocycles. The second-order valence-electron chi connectivity index (χ2n) is 11.6. The van der Waals surface area contributed by atoms with Crippen LogP contribution in [0.3, 0.4) is 0 Å². The van der Waals surface area contributed by atoms with Crippen molar-refractivity contribution in [2.75, 3.05) is 0 Å². The quantitative estimate of drug-likeness (QED) is 0.128. The highest BCUT2D eigenvalue weighted by Gasteiger charge is 2.42. The summed E-state index contributed by atoms with van der Waals surface area (Å²) in [7, 11) is 0. The first-order chi connectivity index (χ1) is 15.5. The van der Waals surface area contributed by atoms with E-state index in [1.54, 1.807) is 0 Å². The lowest BCUT2D eigenvalue weighted by Crippen LogP contribution is -2.39. The Kier molecular flexibility index (Phi) is 21.5. The van der Waals surface area contributed by atoms with Crippen LogP contribution in [0, 0.1) is 23.2 Å². The largest absolute Gasteiger partial charge is 0.0654 e. The molecule has 32 heavy (non-hydrogen) atoms. The summed E-state index contributed by atoms with van der Waals surface area (Å²) in [4.78, 5) is 0. The lowest BCUT2D eigenvalue weighted by Gasteiger charge is -2.48. The molecule has 0 amide bonds. The molecule has 4 unspecified atom stereocenters. The predicted molar refractivity (Wildman–Crippen MR) is 150 cm³/mol. The smallest absolute Gasteiger partial charge is 0.0241 e. The maximum absolute atomic E-state index is 2.68. The van der Waals surface area contributed by atoms with E-state index in [0.29, 0.717) is 5.41 Å².